The molecule has 0 spiro atoms. The van der Waals surface area contributed by atoms with Gasteiger partial charge in [0.15, 0.2) is 5.78 Å². The summed E-state index contributed by atoms with van der Waals surface area (Å²) < 4.78 is 13.5. The van der Waals surface area contributed by atoms with Gasteiger partial charge in [-0.15, -0.1) is 11.8 Å². The molecule has 0 N–H and O–H groups in total. The van der Waals surface area contributed by atoms with Crippen LogP contribution in [0.2, 0.25) is 0 Å². The van der Waals surface area contributed by atoms with Crippen LogP contribution < -0.4 is 0 Å². The van der Waals surface area contributed by atoms with E-state index < -0.39 is 0 Å². The van der Waals surface area contributed by atoms with Gasteiger partial charge in [-0.1, -0.05) is 25.1 Å². The van der Waals surface area contributed by atoms with Crippen molar-refractivity contribution in [1.29, 1.82) is 0 Å². The Morgan fingerprint density at radius 3 is 2.78 bits per heavy atom. The number of carbonyl (C=O) groups excluding carboxylic acids is 1. The smallest absolute Gasteiger partial charge is 0.151 e. The van der Waals surface area contributed by atoms with E-state index in [0.717, 1.165) is 17.9 Å². The average molecular weight is 284 g/mol. The number of Topliss-reactive ketones (excluding diaryl/α,β-unsaturated/α-hetero) is 1. The first kappa shape index (κ1) is 13.9. The summed E-state index contributed by atoms with van der Waals surface area (Å²) in [5.74, 6) is 2.04. The fourth-order valence-electron chi connectivity index (χ4n) is 2.13. The van der Waals surface area contributed by atoms with E-state index in [1.807, 2.05) is 11.8 Å². The second-order valence-electron chi connectivity index (χ2n) is 4.34. The number of hydrogen-bond donors (Lipinski definition) is 0. The van der Waals surface area contributed by atoms with Crippen LogP contribution in [0.5, 0.6) is 0 Å². The van der Waals surface area contributed by atoms with Gasteiger partial charge >= 0.3 is 0 Å². The molecule has 1 heterocycles. The van der Waals surface area contributed by atoms with Crippen LogP contribution in [0.3, 0.4) is 0 Å². The molecule has 1 saturated heterocycles. The Balaban J connectivity index is 2.05. The second kappa shape index (κ2) is 6.62. The Morgan fingerprint density at radius 2 is 2.06 bits per heavy atom. The normalized spacial score (nSPS) is 23.9. The monoisotopic (exact) mass is 284 g/mol. The van der Waals surface area contributed by atoms with Gasteiger partial charge in [-0.3, -0.25) is 4.79 Å². The van der Waals surface area contributed by atoms with Gasteiger partial charge in [-0.2, -0.15) is 11.8 Å². The molecule has 1 nitrogen and oxygen atoms in total. The lowest BCUT2D eigenvalue weighted by Crippen LogP contribution is -2.33. The van der Waals surface area contributed by atoms with Gasteiger partial charge in [-0.05, 0) is 18.1 Å². The van der Waals surface area contributed by atoms with Gasteiger partial charge in [0.05, 0.1) is 5.25 Å². The molecule has 2 atom stereocenters. The molecule has 2 rings (SSSR count). The summed E-state index contributed by atoms with van der Waals surface area (Å²) in [6.07, 6.45) is 1.23. The average Bonchev–Trinajstić information content (AvgIpc) is 2.41. The van der Waals surface area contributed by atoms with Crippen molar-refractivity contribution in [3.63, 3.8) is 0 Å². The molecule has 1 aromatic rings. The number of thioether (sulfide) groups is 2. The van der Waals surface area contributed by atoms with E-state index >= 15 is 0 Å². The molecule has 98 valence electrons. The topological polar surface area (TPSA) is 17.1 Å². The van der Waals surface area contributed by atoms with Crippen LogP contribution in [-0.2, 0) is 11.2 Å². The molecule has 2 unspecified atom stereocenters. The van der Waals surface area contributed by atoms with Crippen molar-refractivity contribution >= 4 is 29.3 Å². The molecule has 18 heavy (non-hydrogen) atoms. The SMILES string of the molecule is CCC1SCCSC1C(=O)Cc1ccccc1F. The minimum atomic E-state index is -0.271. The molecule has 0 aromatic heterocycles. The number of ketones is 1. The molecule has 0 bridgehead atoms. The first-order valence-corrected chi connectivity index (χ1v) is 8.31. The van der Waals surface area contributed by atoms with Crippen molar-refractivity contribution in [3.05, 3.63) is 35.6 Å². The molecule has 1 aliphatic rings. The third-order valence-corrected chi connectivity index (χ3v) is 6.39. The first-order chi connectivity index (χ1) is 8.72. The highest BCUT2D eigenvalue weighted by atomic mass is 32.2. The van der Waals surface area contributed by atoms with E-state index in [9.17, 15) is 9.18 Å². The lowest BCUT2D eigenvalue weighted by Gasteiger charge is -2.28. The molecule has 0 radical (unpaired) electrons. The van der Waals surface area contributed by atoms with Crippen LogP contribution in [0.1, 0.15) is 18.9 Å². The number of benzene rings is 1. The third-order valence-electron chi connectivity index (χ3n) is 3.09. The predicted molar refractivity (Wildman–Crippen MR) is 77.9 cm³/mol. The van der Waals surface area contributed by atoms with Gasteiger partial charge in [0.1, 0.15) is 5.82 Å². The van der Waals surface area contributed by atoms with Crippen molar-refractivity contribution in [1.82, 2.24) is 0 Å². The van der Waals surface area contributed by atoms with Crippen molar-refractivity contribution in [3.8, 4) is 0 Å². The molecule has 0 aliphatic carbocycles. The highest BCUT2D eigenvalue weighted by Crippen LogP contribution is 2.34. The van der Waals surface area contributed by atoms with E-state index in [4.69, 9.17) is 0 Å². The molecule has 0 saturated carbocycles. The largest absolute Gasteiger partial charge is 0.298 e. The minimum Gasteiger partial charge on any atom is -0.298 e. The van der Waals surface area contributed by atoms with Crippen molar-refractivity contribution in [2.24, 2.45) is 0 Å². The maximum Gasteiger partial charge on any atom is 0.151 e. The Bertz CT molecular complexity index is 422. The number of hydrogen-bond acceptors (Lipinski definition) is 3. The molecule has 1 fully saturated rings. The predicted octanol–water partition coefficient (Wildman–Crippen LogP) is 3.56. The third kappa shape index (κ3) is 3.29. The van der Waals surface area contributed by atoms with Crippen molar-refractivity contribution < 1.29 is 9.18 Å². The number of carbonyl (C=O) groups is 1. The van der Waals surface area contributed by atoms with Gasteiger partial charge in [0.25, 0.3) is 0 Å². The van der Waals surface area contributed by atoms with Gasteiger partial charge < -0.3 is 0 Å². The summed E-state index contributed by atoms with van der Waals surface area (Å²) in [5, 5.41) is 0.427. The molecule has 1 aromatic carbocycles. The van der Waals surface area contributed by atoms with Crippen LogP contribution in [0.25, 0.3) is 0 Å². The van der Waals surface area contributed by atoms with Crippen LogP contribution in [0.15, 0.2) is 24.3 Å². The first-order valence-electron chi connectivity index (χ1n) is 6.21. The van der Waals surface area contributed by atoms with E-state index in [1.54, 1.807) is 30.0 Å². The minimum absolute atomic E-state index is 0.0355. The van der Waals surface area contributed by atoms with Gasteiger partial charge in [0.2, 0.25) is 0 Å². The Kier molecular flexibility index (Phi) is 5.13. The van der Waals surface area contributed by atoms with E-state index in [0.29, 0.717) is 10.8 Å². The van der Waals surface area contributed by atoms with Crippen LogP contribution in [0, 0.1) is 5.82 Å². The van der Waals surface area contributed by atoms with E-state index in [2.05, 4.69) is 6.92 Å². The molecule has 4 heteroatoms. The van der Waals surface area contributed by atoms with Crippen LogP contribution >= 0.6 is 23.5 Å². The van der Waals surface area contributed by atoms with Gasteiger partial charge in [0, 0.05) is 23.2 Å². The molecular weight excluding hydrogens is 267 g/mol. The number of rotatable bonds is 4. The number of halogens is 1. The van der Waals surface area contributed by atoms with E-state index in [1.165, 1.54) is 6.07 Å². The maximum absolute atomic E-state index is 13.5. The maximum atomic E-state index is 13.5. The standard InChI is InChI=1S/C14H17FOS2/c1-2-13-14(18-8-7-17-13)12(16)9-10-5-3-4-6-11(10)15/h3-6,13-14H,2,7-9H2,1H3. The van der Waals surface area contributed by atoms with E-state index in [-0.39, 0.29) is 23.3 Å². The summed E-state index contributed by atoms with van der Waals surface area (Å²) in [7, 11) is 0. The lowest BCUT2D eigenvalue weighted by atomic mass is 10.0. The summed E-state index contributed by atoms with van der Waals surface area (Å²) in [5.41, 5.74) is 0.522. The second-order valence-corrected chi connectivity index (χ2v) is 6.94. The Morgan fingerprint density at radius 1 is 1.33 bits per heavy atom. The highest BCUT2D eigenvalue weighted by molar-refractivity contribution is 8.07. The summed E-state index contributed by atoms with van der Waals surface area (Å²) in [4.78, 5) is 12.3. The molecule has 0 amide bonds. The lowest BCUT2D eigenvalue weighted by molar-refractivity contribution is -0.118. The fraction of sp³-hybridized carbons (Fsp3) is 0.500. The van der Waals surface area contributed by atoms with Gasteiger partial charge in [-0.25, -0.2) is 4.39 Å². The quantitative estimate of drug-likeness (QED) is 0.841. The summed E-state index contributed by atoms with van der Waals surface area (Å²) in [6, 6.07) is 6.56. The summed E-state index contributed by atoms with van der Waals surface area (Å²) >= 11 is 3.62. The zero-order valence-electron chi connectivity index (χ0n) is 10.4. The Labute approximate surface area is 116 Å². The van der Waals surface area contributed by atoms with Crippen molar-refractivity contribution in [2.45, 2.75) is 30.3 Å². The molecule has 1 aliphatic heterocycles. The zero-order chi connectivity index (χ0) is 13.0. The highest BCUT2D eigenvalue weighted by Gasteiger charge is 2.30. The Hall–Kier alpha value is -0.480. The van der Waals surface area contributed by atoms with Crippen LogP contribution in [-0.4, -0.2) is 27.8 Å². The zero-order valence-corrected chi connectivity index (χ0v) is 12.0. The molecular formula is C14H17FOS2. The van der Waals surface area contributed by atoms with Crippen molar-refractivity contribution in [2.75, 3.05) is 11.5 Å². The van der Waals surface area contributed by atoms with Crippen LogP contribution in [0.4, 0.5) is 4.39 Å². The summed E-state index contributed by atoms with van der Waals surface area (Å²) in [6.45, 7) is 2.12. The fourth-order valence-corrected chi connectivity index (χ4v) is 5.17.